The van der Waals surface area contributed by atoms with E-state index >= 15 is 0 Å². The van der Waals surface area contributed by atoms with Crippen LogP contribution in [0.4, 0.5) is 5.69 Å². The Morgan fingerprint density at radius 3 is 2.26 bits per heavy atom. The van der Waals surface area contributed by atoms with Gasteiger partial charge in [0.2, 0.25) is 0 Å². The fourth-order valence-corrected chi connectivity index (χ4v) is 4.89. The Bertz CT molecular complexity index is 1440. The first-order valence-corrected chi connectivity index (χ1v) is 14.2. The van der Waals surface area contributed by atoms with Crippen LogP contribution in [-0.2, 0) is 35.6 Å². The second-order valence-electron chi connectivity index (χ2n) is 9.88. The number of Topliss-reactive ketones (excluding diaryl/α,β-unsaturated/α-hetero) is 3. The molecule has 1 aliphatic heterocycles. The molecular weight excluding hydrogens is 552 g/mol. The predicted octanol–water partition coefficient (Wildman–Crippen LogP) is 3.76. The molecule has 0 N–H and O–H groups in total. The molecule has 39 heavy (non-hydrogen) atoms. The highest BCUT2D eigenvalue weighted by atomic mass is 35.5. The lowest BCUT2D eigenvalue weighted by atomic mass is 9.81. The van der Waals surface area contributed by atoms with E-state index in [-0.39, 0.29) is 23.6 Å². The van der Waals surface area contributed by atoms with E-state index in [4.69, 9.17) is 16.4 Å². The number of carbonyl (C=O) groups excluding carboxylic acids is 4. The highest BCUT2D eigenvalue weighted by Crippen LogP contribution is 2.30. The van der Waals surface area contributed by atoms with Crippen molar-refractivity contribution in [1.29, 1.82) is 0 Å². The first-order valence-electron chi connectivity index (χ1n) is 11.9. The van der Waals surface area contributed by atoms with Crippen LogP contribution in [0.3, 0.4) is 0 Å². The second-order valence-corrected chi connectivity index (χ2v) is 12.3. The molecule has 1 saturated carbocycles. The number of nitro benzene ring substituents is 1. The van der Waals surface area contributed by atoms with E-state index < -0.39 is 54.7 Å². The Morgan fingerprint density at radius 1 is 1.13 bits per heavy atom. The molecule has 0 unspecified atom stereocenters. The molecule has 13 heteroatoms. The number of halogens is 1. The summed E-state index contributed by atoms with van der Waals surface area (Å²) in [5.74, 6) is -3.61. The van der Waals surface area contributed by atoms with Crippen molar-refractivity contribution in [3.05, 3.63) is 68.7 Å². The number of hydrogen-bond donors (Lipinski definition) is 0. The van der Waals surface area contributed by atoms with Crippen LogP contribution >= 0.6 is 11.6 Å². The van der Waals surface area contributed by atoms with Gasteiger partial charge in [0.25, 0.3) is 11.6 Å². The van der Waals surface area contributed by atoms with Crippen LogP contribution in [0.15, 0.2) is 47.4 Å². The van der Waals surface area contributed by atoms with Crippen molar-refractivity contribution >= 4 is 50.4 Å². The number of amides is 1. The summed E-state index contributed by atoms with van der Waals surface area (Å²) >= 11 is 6.03. The lowest BCUT2D eigenvalue weighted by molar-refractivity contribution is -0.385. The molecule has 0 spiro atoms. The van der Waals surface area contributed by atoms with Gasteiger partial charge in [0.1, 0.15) is 5.92 Å². The van der Waals surface area contributed by atoms with E-state index in [0.717, 1.165) is 30.0 Å². The number of carbonyl (C=O) groups is 4. The van der Waals surface area contributed by atoms with Crippen LogP contribution in [-0.4, -0.2) is 54.5 Å². The SMILES string of the molecule is CC1(C)CON(Cc2ccccc2Cl)C1=O.CS(=O)(=O)c1ccc(C(=O)C2C(=O)CCCC2=O)c([N+](=O)[O-])c1. The maximum atomic E-state index is 12.4. The summed E-state index contributed by atoms with van der Waals surface area (Å²) in [5.41, 5.74) is -0.698. The zero-order valence-electron chi connectivity index (χ0n) is 21.5. The van der Waals surface area contributed by atoms with Crippen LogP contribution in [0.1, 0.15) is 49.0 Å². The fourth-order valence-electron chi connectivity index (χ4n) is 4.05. The van der Waals surface area contributed by atoms with E-state index in [0.29, 0.717) is 24.6 Å². The van der Waals surface area contributed by atoms with E-state index in [9.17, 15) is 37.7 Å². The summed E-state index contributed by atoms with van der Waals surface area (Å²) in [4.78, 5) is 63.2. The van der Waals surface area contributed by atoms with Gasteiger partial charge in [-0.25, -0.2) is 13.5 Å². The average molecular weight is 579 g/mol. The third kappa shape index (κ3) is 6.94. The second kappa shape index (κ2) is 11.7. The van der Waals surface area contributed by atoms with Crippen molar-refractivity contribution < 1.29 is 37.4 Å². The summed E-state index contributed by atoms with van der Waals surface area (Å²) in [5, 5.41) is 13.2. The van der Waals surface area contributed by atoms with Crippen molar-refractivity contribution in [2.24, 2.45) is 11.3 Å². The van der Waals surface area contributed by atoms with Crippen molar-refractivity contribution in [2.75, 3.05) is 12.9 Å². The van der Waals surface area contributed by atoms with Gasteiger partial charge in [0, 0.05) is 30.2 Å². The molecule has 1 saturated heterocycles. The number of sulfone groups is 1. The van der Waals surface area contributed by atoms with Crippen molar-refractivity contribution in [2.45, 2.75) is 44.6 Å². The summed E-state index contributed by atoms with van der Waals surface area (Å²) in [7, 11) is -3.70. The van der Waals surface area contributed by atoms with Crippen LogP contribution in [0.5, 0.6) is 0 Å². The van der Waals surface area contributed by atoms with E-state index in [2.05, 4.69) is 0 Å². The molecular formula is C26H27ClN2O9S. The number of nitro groups is 1. The van der Waals surface area contributed by atoms with E-state index in [1.807, 2.05) is 38.1 Å². The topological polar surface area (TPSA) is 158 Å². The summed E-state index contributed by atoms with van der Waals surface area (Å²) in [6.07, 6.45) is 1.37. The molecule has 1 aliphatic carbocycles. The number of benzene rings is 2. The largest absolute Gasteiger partial charge is 0.298 e. The molecule has 2 aromatic carbocycles. The molecule has 4 rings (SSSR count). The minimum Gasteiger partial charge on any atom is -0.298 e. The lowest BCUT2D eigenvalue weighted by Gasteiger charge is -2.18. The van der Waals surface area contributed by atoms with Crippen LogP contribution in [0, 0.1) is 21.4 Å². The first-order chi connectivity index (χ1) is 18.1. The molecule has 2 fully saturated rings. The molecule has 208 valence electrons. The number of hydroxylamine groups is 2. The van der Waals surface area contributed by atoms with Crippen LogP contribution in [0.2, 0.25) is 5.02 Å². The first kappa shape index (κ1) is 30.1. The Labute approximate surface area is 230 Å². The van der Waals surface area contributed by atoms with Crippen molar-refractivity contribution in [1.82, 2.24) is 5.06 Å². The van der Waals surface area contributed by atoms with Crippen molar-refractivity contribution in [3.8, 4) is 0 Å². The summed E-state index contributed by atoms with van der Waals surface area (Å²) < 4.78 is 23.0. The number of ketones is 3. The molecule has 1 amide bonds. The van der Waals surface area contributed by atoms with Crippen molar-refractivity contribution in [3.63, 3.8) is 0 Å². The molecule has 1 heterocycles. The quantitative estimate of drug-likeness (QED) is 0.215. The Morgan fingerprint density at radius 2 is 1.74 bits per heavy atom. The van der Waals surface area contributed by atoms with Gasteiger partial charge in [-0.3, -0.25) is 34.1 Å². The van der Waals surface area contributed by atoms with Gasteiger partial charge in [0.15, 0.2) is 27.2 Å². The normalized spacial score (nSPS) is 17.5. The van der Waals surface area contributed by atoms with Gasteiger partial charge in [-0.15, -0.1) is 0 Å². The Balaban J connectivity index is 0.000000230. The predicted molar refractivity (Wildman–Crippen MR) is 140 cm³/mol. The zero-order valence-corrected chi connectivity index (χ0v) is 23.1. The summed E-state index contributed by atoms with van der Waals surface area (Å²) in [6.45, 7) is 4.59. The minimum absolute atomic E-state index is 0.00687. The highest BCUT2D eigenvalue weighted by Gasteiger charge is 2.41. The van der Waals surface area contributed by atoms with Gasteiger partial charge < -0.3 is 0 Å². The van der Waals surface area contributed by atoms with E-state index in [1.165, 1.54) is 5.06 Å². The molecule has 2 aromatic rings. The fraction of sp³-hybridized carbons (Fsp3) is 0.385. The number of rotatable bonds is 6. The molecule has 2 aliphatic rings. The number of nitrogens with zero attached hydrogens (tertiary/aromatic N) is 2. The lowest BCUT2D eigenvalue weighted by Crippen LogP contribution is -2.35. The number of hydrogen-bond acceptors (Lipinski definition) is 9. The monoisotopic (exact) mass is 578 g/mol. The highest BCUT2D eigenvalue weighted by molar-refractivity contribution is 7.90. The molecule has 0 atom stereocenters. The van der Waals surface area contributed by atoms with E-state index in [1.54, 1.807) is 0 Å². The Kier molecular flexibility index (Phi) is 9.04. The third-order valence-corrected chi connectivity index (χ3v) is 7.75. The molecule has 0 radical (unpaired) electrons. The van der Waals surface area contributed by atoms with Gasteiger partial charge in [-0.05, 0) is 44.0 Å². The van der Waals surface area contributed by atoms with Crippen LogP contribution < -0.4 is 0 Å². The van der Waals surface area contributed by atoms with Gasteiger partial charge >= 0.3 is 0 Å². The van der Waals surface area contributed by atoms with Gasteiger partial charge in [0.05, 0.1) is 33.9 Å². The van der Waals surface area contributed by atoms with Gasteiger partial charge in [-0.2, -0.15) is 0 Å². The molecule has 0 aromatic heterocycles. The summed E-state index contributed by atoms with van der Waals surface area (Å²) in [6, 6.07) is 10.3. The Hall–Kier alpha value is -3.48. The average Bonchev–Trinajstić information content (AvgIpc) is 3.11. The zero-order chi connectivity index (χ0) is 29.1. The minimum atomic E-state index is -3.70. The maximum absolute atomic E-state index is 12.4. The maximum Gasteiger partial charge on any atom is 0.281 e. The molecule has 11 nitrogen and oxygen atoms in total. The van der Waals surface area contributed by atoms with Gasteiger partial charge in [-0.1, -0.05) is 29.8 Å². The standard InChI is InChI=1S/C14H13NO7S.C12H14ClNO2/c1-23(21,22)8-5-6-9(10(7-8)15(19)20)14(18)13-11(16)3-2-4-12(13)17;1-12(2)8-16-14(11(12)15)7-9-5-3-4-6-10(9)13/h5-7,13H,2-4H2,1H3;3-6H,7-8H2,1-2H3. The third-order valence-electron chi connectivity index (χ3n) is 6.27. The smallest absolute Gasteiger partial charge is 0.281 e. The van der Waals surface area contributed by atoms with Crippen LogP contribution in [0.25, 0.3) is 0 Å². The molecule has 0 bridgehead atoms.